The molecule has 0 bridgehead atoms. The lowest BCUT2D eigenvalue weighted by atomic mass is 9.89. The average molecular weight is 386 g/mol. The van der Waals surface area contributed by atoms with Gasteiger partial charge in [-0.2, -0.15) is 0 Å². The third-order valence-corrected chi connectivity index (χ3v) is 6.52. The standard InChI is InChI=1S/C25H27N3O/c1-17-5-4-7-20-19(15-24(29)27-25(17)20)11-14-28-12-9-18(10-13-28)22-16-26-23-8-3-2-6-21(22)23/h2-8,15-16,18,26H,9-14H2,1H3,(H,27,29). The summed E-state index contributed by atoms with van der Waals surface area (Å²) in [6.07, 6.45) is 5.51. The highest BCUT2D eigenvalue weighted by molar-refractivity contribution is 5.85. The molecule has 1 fully saturated rings. The summed E-state index contributed by atoms with van der Waals surface area (Å²) >= 11 is 0. The number of benzene rings is 2. The molecule has 0 atom stereocenters. The zero-order chi connectivity index (χ0) is 19.8. The number of nitrogens with zero attached hydrogens (tertiary/aromatic N) is 1. The first-order chi connectivity index (χ1) is 14.2. The Morgan fingerprint density at radius 1 is 1.03 bits per heavy atom. The zero-order valence-electron chi connectivity index (χ0n) is 16.9. The Hall–Kier alpha value is -2.85. The summed E-state index contributed by atoms with van der Waals surface area (Å²) in [5, 5.41) is 2.55. The van der Waals surface area contributed by atoms with Crippen molar-refractivity contribution in [3.05, 3.63) is 81.8 Å². The molecule has 4 nitrogen and oxygen atoms in total. The van der Waals surface area contributed by atoms with E-state index in [9.17, 15) is 4.79 Å². The number of para-hydroxylation sites is 2. The van der Waals surface area contributed by atoms with E-state index in [1.165, 1.54) is 34.7 Å². The highest BCUT2D eigenvalue weighted by atomic mass is 16.1. The number of H-pyrrole nitrogens is 2. The summed E-state index contributed by atoms with van der Waals surface area (Å²) in [5.41, 5.74) is 5.97. The fourth-order valence-electron chi connectivity index (χ4n) is 4.88. The topological polar surface area (TPSA) is 51.9 Å². The minimum atomic E-state index is -0.000144. The third kappa shape index (κ3) is 3.49. The van der Waals surface area contributed by atoms with E-state index in [1.54, 1.807) is 6.07 Å². The molecule has 0 radical (unpaired) electrons. The van der Waals surface area contributed by atoms with E-state index in [0.717, 1.165) is 42.7 Å². The lowest BCUT2D eigenvalue weighted by Gasteiger charge is -2.32. The minimum absolute atomic E-state index is 0.000144. The predicted octanol–water partition coefficient (Wildman–Crippen LogP) is 4.74. The molecule has 0 saturated carbocycles. The van der Waals surface area contributed by atoms with Gasteiger partial charge in [-0.05, 0) is 68.0 Å². The molecular formula is C25H27N3O. The fourth-order valence-corrected chi connectivity index (χ4v) is 4.88. The molecule has 148 valence electrons. The Morgan fingerprint density at radius 2 is 1.83 bits per heavy atom. The molecule has 0 aliphatic carbocycles. The van der Waals surface area contributed by atoms with Gasteiger partial charge in [0.25, 0.3) is 0 Å². The molecule has 0 amide bonds. The lowest BCUT2D eigenvalue weighted by molar-refractivity contribution is 0.215. The van der Waals surface area contributed by atoms with Crippen LogP contribution in [0, 0.1) is 6.92 Å². The number of hydrogen-bond donors (Lipinski definition) is 2. The molecule has 2 aromatic carbocycles. The molecule has 5 rings (SSSR count). The Morgan fingerprint density at radius 3 is 2.69 bits per heavy atom. The quantitative estimate of drug-likeness (QED) is 0.533. The summed E-state index contributed by atoms with van der Waals surface area (Å²) in [7, 11) is 0. The molecule has 1 aliphatic rings. The second-order valence-electron chi connectivity index (χ2n) is 8.31. The monoisotopic (exact) mass is 385 g/mol. The summed E-state index contributed by atoms with van der Waals surface area (Å²) in [6.45, 7) is 5.29. The Labute approximate surface area is 170 Å². The van der Waals surface area contributed by atoms with Gasteiger partial charge in [-0.15, -0.1) is 0 Å². The van der Waals surface area contributed by atoms with Crippen LogP contribution in [0.4, 0.5) is 0 Å². The normalized spacial score (nSPS) is 16.0. The molecule has 2 aromatic heterocycles. The number of piperidine rings is 1. The van der Waals surface area contributed by atoms with Crippen LogP contribution in [0.25, 0.3) is 21.8 Å². The highest BCUT2D eigenvalue weighted by Gasteiger charge is 2.22. The van der Waals surface area contributed by atoms with Crippen molar-refractivity contribution in [3.8, 4) is 0 Å². The molecule has 0 spiro atoms. The van der Waals surface area contributed by atoms with Gasteiger partial charge in [-0.25, -0.2) is 0 Å². The first kappa shape index (κ1) is 18.2. The summed E-state index contributed by atoms with van der Waals surface area (Å²) in [4.78, 5) is 21.1. The number of likely N-dealkylation sites (tertiary alicyclic amines) is 1. The van der Waals surface area contributed by atoms with E-state index in [1.807, 2.05) is 0 Å². The van der Waals surface area contributed by atoms with E-state index in [0.29, 0.717) is 5.92 Å². The number of aromatic nitrogens is 2. The van der Waals surface area contributed by atoms with Crippen molar-refractivity contribution in [1.82, 2.24) is 14.9 Å². The van der Waals surface area contributed by atoms with Crippen LogP contribution in [0.15, 0.2) is 59.5 Å². The van der Waals surface area contributed by atoms with Gasteiger partial charge in [-0.1, -0.05) is 36.4 Å². The Kier molecular flexibility index (Phi) is 4.72. The number of pyridine rings is 1. The van der Waals surface area contributed by atoms with Crippen molar-refractivity contribution >= 4 is 21.8 Å². The van der Waals surface area contributed by atoms with Gasteiger partial charge in [-0.3, -0.25) is 4.79 Å². The molecule has 1 saturated heterocycles. The van der Waals surface area contributed by atoms with Crippen LogP contribution in [0.1, 0.15) is 35.4 Å². The Bertz CT molecular complexity index is 1210. The van der Waals surface area contributed by atoms with Crippen LogP contribution in [0.3, 0.4) is 0 Å². The van der Waals surface area contributed by atoms with Crippen molar-refractivity contribution < 1.29 is 0 Å². The molecule has 29 heavy (non-hydrogen) atoms. The van der Waals surface area contributed by atoms with Gasteiger partial charge in [0.15, 0.2) is 0 Å². The first-order valence-electron chi connectivity index (χ1n) is 10.6. The van der Waals surface area contributed by atoms with E-state index >= 15 is 0 Å². The predicted molar refractivity (Wildman–Crippen MR) is 120 cm³/mol. The number of hydrogen-bond acceptors (Lipinski definition) is 2. The number of aryl methyl sites for hydroxylation is 1. The fraction of sp³-hybridized carbons (Fsp3) is 0.320. The number of fused-ring (bicyclic) bond motifs is 2. The van der Waals surface area contributed by atoms with Gasteiger partial charge in [0.2, 0.25) is 5.56 Å². The van der Waals surface area contributed by atoms with Gasteiger partial charge >= 0.3 is 0 Å². The van der Waals surface area contributed by atoms with Gasteiger partial charge in [0, 0.05) is 35.1 Å². The van der Waals surface area contributed by atoms with Gasteiger partial charge < -0.3 is 14.9 Å². The Balaban J connectivity index is 1.27. The van der Waals surface area contributed by atoms with E-state index in [2.05, 4.69) is 70.5 Å². The summed E-state index contributed by atoms with van der Waals surface area (Å²) in [5.74, 6) is 0.630. The minimum Gasteiger partial charge on any atom is -0.361 e. The number of aromatic amines is 2. The lowest BCUT2D eigenvalue weighted by Crippen LogP contribution is -2.34. The van der Waals surface area contributed by atoms with Crippen molar-refractivity contribution in [1.29, 1.82) is 0 Å². The zero-order valence-corrected chi connectivity index (χ0v) is 16.9. The third-order valence-electron chi connectivity index (χ3n) is 6.52. The van der Waals surface area contributed by atoms with Crippen LogP contribution >= 0.6 is 0 Å². The van der Waals surface area contributed by atoms with Crippen molar-refractivity contribution in [2.75, 3.05) is 19.6 Å². The second kappa shape index (κ2) is 7.53. The molecule has 0 unspecified atom stereocenters. The van der Waals surface area contributed by atoms with Crippen LogP contribution < -0.4 is 5.56 Å². The average Bonchev–Trinajstić information content (AvgIpc) is 3.17. The molecule has 4 heteroatoms. The number of nitrogens with one attached hydrogen (secondary N) is 2. The van der Waals surface area contributed by atoms with Crippen LogP contribution in [-0.4, -0.2) is 34.5 Å². The largest absolute Gasteiger partial charge is 0.361 e. The van der Waals surface area contributed by atoms with Crippen LogP contribution in [-0.2, 0) is 6.42 Å². The summed E-state index contributed by atoms with van der Waals surface area (Å²) < 4.78 is 0. The van der Waals surface area contributed by atoms with Gasteiger partial charge in [0.1, 0.15) is 0 Å². The van der Waals surface area contributed by atoms with Crippen LogP contribution in [0.5, 0.6) is 0 Å². The maximum Gasteiger partial charge on any atom is 0.248 e. The van der Waals surface area contributed by atoms with Crippen molar-refractivity contribution in [2.45, 2.75) is 32.1 Å². The van der Waals surface area contributed by atoms with Crippen molar-refractivity contribution in [3.63, 3.8) is 0 Å². The first-order valence-corrected chi connectivity index (χ1v) is 10.6. The van der Waals surface area contributed by atoms with E-state index < -0.39 is 0 Å². The molecule has 1 aliphatic heterocycles. The SMILES string of the molecule is Cc1cccc2c(CCN3CCC(c4c[nH]c5ccccc45)CC3)cc(=O)[nH]c12. The second-order valence-corrected chi connectivity index (χ2v) is 8.31. The molecular weight excluding hydrogens is 358 g/mol. The molecule has 4 aromatic rings. The van der Waals surface area contributed by atoms with Crippen LogP contribution in [0.2, 0.25) is 0 Å². The van der Waals surface area contributed by atoms with E-state index in [-0.39, 0.29) is 5.56 Å². The smallest absolute Gasteiger partial charge is 0.248 e. The maximum absolute atomic E-state index is 12.1. The van der Waals surface area contributed by atoms with E-state index in [4.69, 9.17) is 0 Å². The number of rotatable bonds is 4. The summed E-state index contributed by atoms with van der Waals surface area (Å²) in [6, 6.07) is 16.6. The van der Waals surface area contributed by atoms with Crippen molar-refractivity contribution in [2.24, 2.45) is 0 Å². The molecule has 2 N–H and O–H groups in total. The van der Waals surface area contributed by atoms with Gasteiger partial charge in [0.05, 0.1) is 5.52 Å². The maximum atomic E-state index is 12.1. The highest BCUT2D eigenvalue weighted by Crippen LogP contribution is 2.33. The molecule has 3 heterocycles.